The summed E-state index contributed by atoms with van der Waals surface area (Å²) in [5.74, 6) is 0. The van der Waals surface area contributed by atoms with Crippen LogP contribution in [0.5, 0.6) is 0 Å². The predicted molar refractivity (Wildman–Crippen MR) is 57.2 cm³/mol. The highest BCUT2D eigenvalue weighted by Gasteiger charge is 2.15. The van der Waals surface area contributed by atoms with Crippen molar-refractivity contribution in [3.8, 4) is 0 Å². The van der Waals surface area contributed by atoms with Crippen molar-refractivity contribution in [2.24, 2.45) is 0 Å². The summed E-state index contributed by atoms with van der Waals surface area (Å²) in [6.07, 6.45) is 0. The second kappa shape index (κ2) is 6.28. The number of halogens is 3. The lowest BCUT2D eigenvalue weighted by Gasteiger charge is -2.40. The summed E-state index contributed by atoms with van der Waals surface area (Å²) in [4.78, 5) is 0. The molecule has 0 aromatic rings. The van der Waals surface area contributed by atoms with Crippen molar-refractivity contribution in [3.63, 3.8) is 0 Å². The first kappa shape index (κ1) is 15.3. The van der Waals surface area contributed by atoms with Crippen LogP contribution in [0.2, 0.25) is 0 Å². The SMILES string of the molecule is CC(Cl)C[N+](C)([O-])CC(C)Cl.Cl. The van der Waals surface area contributed by atoms with Crippen LogP contribution in [0.4, 0.5) is 0 Å². The molecule has 0 aliphatic rings. The lowest BCUT2D eigenvalue weighted by molar-refractivity contribution is -0.859. The normalized spacial score (nSPS) is 20.5. The van der Waals surface area contributed by atoms with Crippen LogP contribution < -0.4 is 0 Å². The van der Waals surface area contributed by atoms with Crippen LogP contribution in [0.15, 0.2) is 0 Å². The van der Waals surface area contributed by atoms with Gasteiger partial charge in [0.05, 0.1) is 30.9 Å². The fourth-order valence-electron chi connectivity index (χ4n) is 1.14. The van der Waals surface area contributed by atoms with Gasteiger partial charge in [0.2, 0.25) is 0 Å². The number of hydrogen-bond acceptors (Lipinski definition) is 1. The summed E-state index contributed by atoms with van der Waals surface area (Å²) in [7, 11) is 1.60. The molecule has 0 aromatic heterocycles. The summed E-state index contributed by atoms with van der Waals surface area (Å²) in [5, 5.41) is 11.3. The van der Waals surface area contributed by atoms with Gasteiger partial charge < -0.3 is 9.85 Å². The van der Waals surface area contributed by atoms with E-state index in [2.05, 4.69) is 0 Å². The van der Waals surface area contributed by atoms with Crippen LogP contribution in [0.1, 0.15) is 13.8 Å². The number of nitrogens with zero attached hydrogens (tertiary/aromatic N) is 1. The molecule has 0 fully saturated rings. The third kappa shape index (κ3) is 8.88. The number of alkyl halides is 2. The predicted octanol–water partition coefficient (Wildman–Crippen LogP) is 2.61. The topological polar surface area (TPSA) is 23.1 Å². The van der Waals surface area contributed by atoms with E-state index in [4.69, 9.17) is 23.2 Å². The standard InChI is InChI=1S/C7H15Cl2NO.ClH/c1-6(8)4-10(3,11)5-7(2)9;/h6-7H,4-5H2,1-3H3;1H. The maximum Gasteiger partial charge on any atom is 0.0945 e. The van der Waals surface area contributed by atoms with Crippen LogP contribution in [0.3, 0.4) is 0 Å². The molecule has 0 aliphatic carbocycles. The van der Waals surface area contributed by atoms with E-state index in [0.717, 1.165) is 0 Å². The van der Waals surface area contributed by atoms with Crippen molar-refractivity contribution >= 4 is 35.6 Å². The van der Waals surface area contributed by atoms with E-state index >= 15 is 0 Å². The zero-order chi connectivity index (χ0) is 9.07. The van der Waals surface area contributed by atoms with Gasteiger partial charge in [-0.2, -0.15) is 0 Å². The fourth-order valence-corrected chi connectivity index (χ4v) is 1.72. The Bertz CT molecular complexity index is 105. The van der Waals surface area contributed by atoms with Crippen LogP contribution in [0, 0.1) is 5.21 Å². The van der Waals surface area contributed by atoms with E-state index in [-0.39, 0.29) is 27.8 Å². The minimum Gasteiger partial charge on any atom is -0.633 e. The fraction of sp³-hybridized carbons (Fsp3) is 1.00. The molecule has 0 aliphatic heterocycles. The van der Waals surface area contributed by atoms with Crippen molar-refractivity contribution in [2.45, 2.75) is 24.6 Å². The van der Waals surface area contributed by atoms with Crippen molar-refractivity contribution in [1.82, 2.24) is 0 Å². The summed E-state index contributed by atoms with van der Waals surface area (Å²) in [6.45, 7) is 4.46. The molecule has 0 saturated heterocycles. The molecule has 76 valence electrons. The molecule has 0 bridgehead atoms. The molecule has 12 heavy (non-hydrogen) atoms. The van der Waals surface area contributed by atoms with Gasteiger partial charge in [-0.05, 0) is 13.8 Å². The van der Waals surface area contributed by atoms with Gasteiger partial charge >= 0.3 is 0 Å². The Hall–Kier alpha value is 0.790. The molecule has 0 spiro atoms. The molecule has 0 radical (unpaired) electrons. The summed E-state index contributed by atoms with van der Waals surface area (Å²) in [5.41, 5.74) is 0. The van der Waals surface area contributed by atoms with Crippen LogP contribution in [-0.2, 0) is 0 Å². The van der Waals surface area contributed by atoms with E-state index in [1.165, 1.54) is 0 Å². The van der Waals surface area contributed by atoms with E-state index in [1.54, 1.807) is 7.05 Å². The smallest absolute Gasteiger partial charge is 0.0945 e. The van der Waals surface area contributed by atoms with Gasteiger partial charge in [0.25, 0.3) is 0 Å². The molecule has 2 unspecified atom stereocenters. The molecule has 2 atom stereocenters. The molecule has 5 heteroatoms. The minimum atomic E-state index is -0.352. The van der Waals surface area contributed by atoms with Gasteiger partial charge in [0, 0.05) is 0 Å². The Morgan fingerprint density at radius 2 is 1.42 bits per heavy atom. The minimum absolute atomic E-state index is 0. The number of quaternary nitrogens is 1. The quantitative estimate of drug-likeness (QED) is 0.418. The van der Waals surface area contributed by atoms with Crippen LogP contribution in [0.25, 0.3) is 0 Å². The van der Waals surface area contributed by atoms with Gasteiger partial charge in [0.1, 0.15) is 0 Å². The highest BCUT2D eigenvalue weighted by Crippen LogP contribution is 2.09. The summed E-state index contributed by atoms with van der Waals surface area (Å²) >= 11 is 11.4. The summed E-state index contributed by atoms with van der Waals surface area (Å²) in [6, 6.07) is 0. The van der Waals surface area contributed by atoms with E-state index in [0.29, 0.717) is 13.1 Å². The first-order valence-electron chi connectivity index (χ1n) is 3.67. The third-order valence-electron chi connectivity index (χ3n) is 1.28. The monoisotopic (exact) mass is 235 g/mol. The highest BCUT2D eigenvalue weighted by molar-refractivity contribution is 6.20. The Kier molecular flexibility index (Phi) is 7.99. The van der Waals surface area contributed by atoms with Crippen LogP contribution in [-0.4, -0.2) is 35.5 Å². The number of rotatable bonds is 4. The number of hydroxylamine groups is 3. The maximum atomic E-state index is 11.5. The molecule has 0 rings (SSSR count). The van der Waals surface area contributed by atoms with Gasteiger partial charge in [-0.3, -0.25) is 0 Å². The van der Waals surface area contributed by atoms with Crippen molar-refractivity contribution < 1.29 is 4.65 Å². The van der Waals surface area contributed by atoms with E-state index in [9.17, 15) is 5.21 Å². The average Bonchev–Trinajstić information content (AvgIpc) is 1.53. The van der Waals surface area contributed by atoms with Crippen molar-refractivity contribution in [1.29, 1.82) is 0 Å². The molecular weight excluding hydrogens is 220 g/mol. The average molecular weight is 237 g/mol. The van der Waals surface area contributed by atoms with Gasteiger partial charge in [-0.15, -0.1) is 35.6 Å². The molecule has 0 heterocycles. The molecule has 0 amide bonds. The second-order valence-corrected chi connectivity index (χ2v) is 4.71. The molecular formula is C7H16Cl3NO. The lowest BCUT2D eigenvalue weighted by atomic mass is 10.3. The Morgan fingerprint density at radius 3 is 1.58 bits per heavy atom. The van der Waals surface area contributed by atoms with Crippen molar-refractivity contribution in [2.75, 3.05) is 20.1 Å². The Labute approximate surface area is 90.4 Å². The summed E-state index contributed by atoms with van der Waals surface area (Å²) < 4.78 is -0.352. The Balaban J connectivity index is 0. The van der Waals surface area contributed by atoms with Gasteiger partial charge in [-0.1, -0.05) is 0 Å². The van der Waals surface area contributed by atoms with Gasteiger partial charge in [0.15, 0.2) is 0 Å². The molecule has 0 N–H and O–H groups in total. The highest BCUT2D eigenvalue weighted by atomic mass is 35.5. The molecule has 2 nitrogen and oxygen atoms in total. The molecule has 0 saturated carbocycles. The zero-order valence-corrected chi connectivity index (χ0v) is 9.92. The van der Waals surface area contributed by atoms with Crippen LogP contribution >= 0.6 is 35.6 Å². The first-order chi connectivity index (χ1) is 4.83. The lowest BCUT2D eigenvalue weighted by Crippen LogP contribution is -2.44. The van der Waals surface area contributed by atoms with Gasteiger partial charge in [-0.25, -0.2) is 0 Å². The van der Waals surface area contributed by atoms with E-state index in [1.807, 2.05) is 13.8 Å². The number of hydrogen-bond donors (Lipinski definition) is 0. The first-order valence-corrected chi connectivity index (χ1v) is 4.54. The van der Waals surface area contributed by atoms with E-state index < -0.39 is 0 Å². The zero-order valence-electron chi connectivity index (χ0n) is 7.59. The largest absolute Gasteiger partial charge is 0.633 e. The molecule has 0 aromatic carbocycles. The van der Waals surface area contributed by atoms with Crippen molar-refractivity contribution in [3.05, 3.63) is 5.21 Å². The Morgan fingerprint density at radius 1 is 1.17 bits per heavy atom. The third-order valence-corrected chi connectivity index (χ3v) is 1.55. The maximum absolute atomic E-state index is 11.5. The second-order valence-electron chi connectivity index (χ2n) is 3.22.